The highest BCUT2D eigenvalue weighted by molar-refractivity contribution is 5.37. The molecule has 0 unspecified atom stereocenters. The van der Waals surface area contributed by atoms with Gasteiger partial charge in [-0.15, -0.1) is 0 Å². The Morgan fingerprint density at radius 2 is 1.88 bits per heavy atom. The Kier molecular flexibility index (Phi) is 1.88. The lowest BCUT2D eigenvalue weighted by atomic mass is 9.96. The lowest BCUT2D eigenvalue weighted by molar-refractivity contribution is 0.359. The average molecular weight is 215 g/mol. The molecule has 4 heteroatoms. The number of aryl methyl sites for hydroxylation is 1. The molecule has 3 rings (SSSR count). The van der Waals surface area contributed by atoms with Gasteiger partial charge in [-0.1, -0.05) is 29.4 Å². The van der Waals surface area contributed by atoms with Crippen molar-refractivity contribution in [3.63, 3.8) is 0 Å². The van der Waals surface area contributed by atoms with Crippen LogP contribution in [0.4, 0.5) is 0 Å². The summed E-state index contributed by atoms with van der Waals surface area (Å²) >= 11 is 0. The molecule has 0 atom stereocenters. The average Bonchev–Trinajstić information content (AvgIpc) is 2.81. The number of rotatable bonds is 1. The SMILES string of the molecule is Cc1nc(C2(N)Cc3ccccc3C2)no1. The summed E-state index contributed by atoms with van der Waals surface area (Å²) in [5, 5.41) is 3.94. The topological polar surface area (TPSA) is 64.9 Å². The number of aromatic nitrogens is 2. The van der Waals surface area contributed by atoms with Gasteiger partial charge in [-0.2, -0.15) is 4.98 Å². The minimum atomic E-state index is -0.499. The molecule has 4 nitrogen and oxygen atoms in total. The van der Waals surface area contributed by atoms with Crippen LogP contribution in [0.1, 0.15) is 22.8 Å². The fourth-order valence-corrected chi connectivity index (χ4v) is 2.30. The van der Waals surface area contributed by atoms with Crippen molar-refractivity contribution in [3.05, 3.63) is 47.1 Å². The van der Waals surface area contributed by atoms with Crippen LogP contribution in [0.25, 0.3) is 0 Å². The molecule has 0 fully saturated rings. The number of hydrogen-bond acceptors (Lipinski definition) is 4. The Bertz CT molecular complexity index is 508. The molecule has 0 saturated carbocycles. The lowest BCUT2D eigenvalue weighted by Crippen LogP contribution is -2.38. The minimum absolute atomic E-state index is 0.499. The highest BCUT2D eigenvalue weighted by Crippen LogP contribution is 2.34. The van der Waals surface area contributed by atoms with Crippen LogP contribution in [0.3, 0.4) is 0 Å². The third-order valence-electron chi connectivity index (χ3n) is 3.10. The van der Waals surface area contributed by atoms with Crippen molar-refractivity contribution < 1.29 is 4.52 Å². The summed E-state index contributed by atoms with van der Waals surface area (Å²) in [5.74, 6) is 1.18. The van der Waals surface area contributed by atoms with E-state index in [0.29, 0.717) is 11.7 Å². The molecule has 0 amide bonds. The van der Waals surface area contributed by atoms with Crippen LogP contribution >= 0.6 is 0 Å². The maximum Gasteiger partial charge on any atom is 0.223 e. The van der Waals surface area contributed by atoms with Crippen LogP contribution in [0.2, 0.25) is 0 Å². The molecule has 0 spiro atoms. The highest BCUT2D eigenvalue weighted by Gasteiger charge is 2.38. The molecule has 0 aliphatic heterocycles. The van der Waals surface area contributed by atoms with Crippen molar-refractivity contribution in [2.24, 2.45) is 5.73 Å². The molecule has 82 valence electrons. The van der Waals surface area contributed by atoms with E-state index in [9.17, 15) is 0 Å². The Balaban J connectivity index is 2.00. The van der Waals surface area contributed by atoms with E-state index in [0.717, 1.165) is 12.8 Å². The van der Waals surface area contributed by atoms with E-state index < -0.39 is 5.54 Å². The molecule has 0 saturated heterocycles. The van der Waals surface area contributed by atoms with Crippen molar-refractivity contribution in [1.82, 2.24) is 10.1 Å². The maximum absolute atomic E-state index is 6.36. The third-order valence-corrected chi connectivity index (χ3v) is 3.10. The van der Waals surface area contributed by atoms with Gasteiger partial charge in [0.25, 0.3) is 0 Å². The van der Waals surface area contributed by atoms with Crippen LogP contribution < -0.4 is 5.73 Å². The predicted molar refractivity (Wildman–Crippen MR) is 58.8 cm³/mol. The molecule has 1 aliphatic carbocycles. The zero-order chi connectivity index (χ0) is 11.2. The van der Waals surface area contributed by atoms with Gasteiger partial charge >= 0.3 is 0 Å². The Morgan fingerprint density at radius 1 is 1.25 bits per heavy atom. The maximum atomic E-state index is 6.36. The zero-order valence-electron chi connectivity index (χ0n) is 9.10. The fraction of sp³-hybridized carbons (Fsp3) is 0.333. The highest BCUT2D eigenvalue weighted by atomic mass is 16.5. The van der Waals surface area contributed by atoms with E-state index in [1.165, 1.54) is 11.1 Å². The first kappa shape index (κ1) is 9.54. The summed E-state index contributed by atoms with van der Waals surface area (Å²) in [6.07, 6.45) is 1.56. The van der Waals surface area contributed by atoms with Crippen LogP contribution in [-0.4, -0.2) is 10.1 Å². The number of nitrogens with two attached hydrogens (primary N) is 1. The molecule has 2 N–H and O–H groups in total. The molecular formula is C12H13N3O. The van der Waals surface area contributed by atoms with Gasteiger partial charge in [0.05, 0.1) is 5.54 Å². The quantitative estimate of drug-likeness (QED) is 0.779. The van der Waals surface area contributed by atoms with E-state index in [1.54, 1.807) is 6.92 Å². The normalized spacial score (nSPS) is 17.4. The molecule has 1 aromatic heterocycles. The summed E-state index contributed by atoms with van der Waals surface area (Å²) in [6.45, 7) is 1.78. The molecule has 2 aromatic rings. The zero-order valence-corrected chi connectivity index (χ0v) is 9.10. The van der Waals surface area contributed by atoms with Gasteiger partial charge in [0.1, 0.15) is 0 Å². The van der Waals surface area contributed by atoms with Crippen LogP contribution in [-0.2, 0) is 18.4 Å². The molecule has 1 heterocycles. The van der Waals surface area contributed by atoms with Crippen LogP contribution in [0.5, 0.6) is 0 Å². The Morgan fingerprint density at radius 3 is 2.38 bits per heavy atom. The Hall–Kier alpha value is -1.68. The van der Waals surface area contributed by atoms with Gasteiger partial charge in [0.2, 0.25) is 5.89 Å². The van der Waals surface area contributed by atoms with E-state index in [2.05, 4.69) is 22.3 Å². The van der Waals surface area contributed by atoms with Crippen molar-refractivity contribution in [2.75, 3.05) is 0 Å². The third kappa shape index (κ3) is 1.34. The van der Waals surface area contributed by atoms with Crippen molar-refractivity contribution in [3.8, 4) is 0 Å². The van der Waals surface area contributed by atoms with Crippen LogP contribution in [0.15, 0.2) is 28.8 Å². The van der Waals surface area contributed by atoms with Gasteiger partial charge < -0.3 is 10.3 Å². The number of fused-ring (bicyclic) bond motifs is 1. The first-order valence-corrected chi connectivity index (χ1v) is 5.34. The standard InChI is InChI=1S/C12H13N3O/c1-8-14-11(15-16-8)12(13)6-9-4-2-3-5-10(9)7-12/h2-5H,6-7,13H2,1H3. The molecule has 1 aromatic carbocycles. The van der Waals surface area contributed by atoms with Crippen molar-refractivity contribution in [2.45, 2.75) is 25.3 Å². The fourth-order valence-electron chi connectivity index (χ4n) is 2.30. The van der Waals surface area contributed by atoms with Crippen molar-refractivity contribution >= 4 is 0 Å². The number of hydrogen-bond donors (Lipinski definition) is 1. The van der Waals surface area contributed by atoms with Gasteiger partial charge in [-0.05, 0) is 24.0 Å². The van der Waals surface area contributed by atoms with E-state index in [1.807, 2.05) is 12.1 Å². The summed E-state index contributed by atoms with van der Waals surface area (Å²) in [4.78, 5) is 4.24. The molecular weight excluding hydrogens is 202 g/mol. The summed E-state index contributed by atoms with van der Waals surface area (Å²) in [5.41, 5.74) is 8.43. The van der Waals surface area contributed by atoms with Gasteiger partial charge in [-0.3, -0.25) is 0 Å². The minimum Gasteiger partial charge on any atom is -0.340 e. The molecule has 16 heavy (non-hydrogen) atoms. The van der Waals surface area contributed by atoms with Crippen molar-refractivity contribution in [1.29, 1.82) is 0 Å². The second kappa shape index (κ2) is 3.15. The van der Waals surface area contributed by atoms with Gasteiger partial charge in [0.15, 0.2) is 5.82 Å². The van der Waals surface area contributed by atoms with E-state index in [4.69, 9.17) is 10.3 Å². The predicted octanol–water partition coefficient (Wildman–Crippen LogP) is 1.33. The molecule has 0 bridgehead atoms. The van der Waals surface area contributed by atoms with Gasteiger partial charge in [0, 0.05) is 6.92 Å². The van der Waals surface area contributed by atoms with Gasteiger partial charge in [-0.25, -0.2) is 0 Å². The van der Waals surface area contributed by atoms with Crippen LogP contribution in [0, 0.1) is 6.92 Å². The molecule has 1 aliphatic rings. The second-order valence-electron chi connectivity index (χ2n) is 4.42. The van der Waals surface area contributed by atoms with E-state index in [-0.39, 0.29) is 0 Å². The largest absolute Gasteiger partial charge is 0.340 e. The number of nitrogens with zero attached hydrogens (tertiary/aromatic N) is 2. The summed E-state index contributed by atoms with van der Waals surface area (Å²) in [7, 11) is 0. The first-order chi connectivity index (χ1) is 7.67. The number of benzene rings is 1. The lowest BCUT2D eigenvalue weighted by Gasteiger charge is -2.18. The molecule has 0 radical (unpaired) electrons. The summed E-state index contributed by atoms with van der Waals surface area (Å²) < 4.78 is 5.00. The summed E-state index contributed by atoms with van der Waals surface area (Å²) in [6, 6.07) is 8.28. The van der Waals surface area contributed by atoms with E-state index >= 15 is 0 Å². The first-order valence-electron chi connectivity index (χ1n) is 5.34. The monoisotopic (exact) mass is 215 g/mol. The Labute approximate surface area is 93.5 Å². The second-order valence-corrected chi connectivity index (χ2v) is 4.42. The smallest absolute Gasteiger partial charge is 0.223 e.